The largest absolute Gasteiger partial charge is 0.508 e. The highest BCUT2D eigenvalue weighted by molar-refractivity contribution is 7.90. The van der Waals surface area contributed by atoms with Gasteiger partial charge < -0.3 is 15.9 Å². The maximum absolute atomic E-state index is 13.5. The summed E-state index contributed by atoms with van der Waals surface area (Å²) in [5.74, 6) is -2.86. The van der Waals surface area contributed by atoms with E-state index in [1.54, 1.807) is 0 Å². The minimum atomic E-state index is -3.80. The van der Waals surface area contributed by atoms with Crippen molar-refractivity contribution < 1.29 is 27.8 Å². The smallest absolute Gasteiger partial charge is 0.320 e. The molecule has 0 spiro atoms. The van der Waals surface area contributed by atoms with Crippen LogP contribution in [0.3, 0.4) is 0 Å². The summed E-state index contributed by atoms with van der Waals surface area (Å²) < 4.78 is 35.9. The Bertz CT molecular complexity index is 584. The summed E-state index contributed by atoms with van der Waals surface area (Å²) in [6, 6.07) is 0.211. The molecule has 1 atom stereocenters. The summed E-state index contributed by atoms with van der Waals surface area (Å²) in [7, 11) is -3.80. The number of nitrogens with two attached hydrogens (primary N) is 1. The second-order valence-electron chi connectivity index (χ2n) is 3.83. The summed E-state index contributed by atoms with van der Waals surface area (Å²) in [5.41, 5.74) is 5.18. The average Bonchev–Trinajstić information content (AvgIpc) is 2.20. The van der Waals surface area contributed by atoms with Gasteiger partial charge in [-0.25, -0.2) is 12.8 Å². The number of carboxylic acids is 1. The Morgan fingerprint density at radius 3 is 2.50 bits per heavy atom. The van der Waals surface area contributed by atoms with E-state index in [4.69, 9.17) is 10.8 Å². The zero-order valence-corrected chi connectivity index (χ0v) is 10.2. The van der Waals surface area contributed by atoms with Gasteiger partial charge in [0.2, 0.25) is 0 Å². The second kappa shape index (κ2) is 4.91. The van der Waals surface area contributed by atoms with Crippen molar-refractivity contribution >= 4 is 15.8 Å². The minimum Gasteiger partial charge on any atom is -0.508 e. The van der Waals surface area contributed by atoms with Gasteiger partial charge in [-0.1, -0.05) is 0 Å². The van der Waals surface area contributed by atoms with Crippen LogP contribution in [0.5, 0.6) is 5.75 Å². The molecule has 0 aromatic heterocycles. The fourth-order valence-corrected chi connectivity index (χ4v) is 2.09. The molecule has 100 valence electrons. The number of halogens is 1. The Balaban J connectivity index is 3.20. The number of aliphatic carboxylic acids is 1. The van der Waals surface area contributed by atoms with Crippen molar-refractivity contribution in [3.8, 4) is 5.75 Å². The van der Waals surface area contributed by atoms with Gasteiger partial charge in [-0.15, -0.1) is 0 Å². The van der Waals surface area contributed by atoms with Crippen LogP contribution in [-0.4, -0.2) is 36.9 Å². The molecule has 1 unspecified atom stereocenters. The van der Waals surface area contributed by atoms with Gasteiger partial charge in [0.25, 0.3) is 0 Å². The van der Waals surface area contributed by atoms with E-state index in [1.807, 2.05) is 0 Å². The molecule has 0 saturated heterocycles. The molecule has 8 heteroatoms. The van der Waals surface area contributed by atoms with Crippen molar-refractivity contribution in [3.63, 3.8) is 0 Å². The van der Waals surface area contributed by atoms with Crippen molar-refractivity contribution in [3.05, 3.63) is 23.5 Å². The third-order valence-corrected chi connectivity index (χ3v) is 3.40. The predicted molar refractivity (Wildman–Crippen MR) is 60.5 cm³/mol. The lowest BCUT2D eigenvalue weighted by molar-refractivity contribution is -0.138. The third kappa shape index (κ3) is 3.17. The molecule has 1 aromatic carbocycles. The van der Waals surface area contributed by atoms with E-state index >= 15 is 0 Å². The Kier molecular flexibility index (Phi) is 3.92. The van der Waals surface area contributed by atoms with Crippen LogP contribution in [0.2, 0.25) is 0 Å². The molecule has 1 aromatic rings. The predicted octanol–water partition coefficient (Wildman–Crippen LogP) is -0.111. The molecule has 0 saturated carbocycles. The van der Waals surface area contributed by atoms with E-state index in [1.165, 1.54) is 0 Å². The number of phenols is 1. The Hall–Kier alpha value is -1.67. The molecule has 0 aliphatic carbocycles. The number of hydrogen-bond acceptors (Lipinski definition) is 5. The van der Waals surface area contributed by atoms with Gasteiger partial charge in [0.15, 0.2) is 9.84 Å². The maximum Gasteiger partial charge on any atom is 0.320 e. The zero-order chi connectivity index (χ0) is 14.1. The van der Waals surface area contributed by atoms with Crippen LogP contribution in [0.15, 0.2) is 17.0 Å². The first-order valence-electron chi connectivity index (χ1n) is 4.82. The van der Waals surface area contributed by atoms with Gasteiger partial charge in [-0.3, -0.25) is 4.79 Å². The first-order chi connectivity index (χ1) is 8.12. The number of carbonyl (C=O) groups is 1. The monoisotopic (exact) mass is 277 g/mol. The summed E-state index contributed by atoms with van der Waals surface area (Å²) in [5, 5.41) is 18.1. The molecule has 0 heterocycles. The molecule has 0 fully saturated rings. The fourth-order valence-electron chi connectivity index (χ4n) is 1.36. The molecule has 6 nitrogen and oxygen atoms in total. The lowest BCUT2D eigenvalue weighted by atomic mass is 10.1. The molecular formula is C10H12FNO5S. The first-order valence-corrected chi connectivity index (χ1v) is 6.72. The molecule has 4 N–H and O–H groups in total. The number of carboxylic acid groups (broad SMARTS) is 1. The number of hydrogen-bond donors (Lipinski definition) is 3. The third-order valence-electron chi connectivity index (χ3n) is 2.29. The Labute approximate surface area is 103 Å². The number of rotatable bonds is 4. The number of phenolic OH excluding ortho intramolecular Hbond substituents is 1. The number of aromatic hydroxyl groups is 1. The van der Waals surface area contributed by atoms with Crippen LogP contribution in [0.1, 0.15) is 5.56 Å². The van der Waals surface area contributed by atoms with E-state index in [2.05, 4.69) is 0 Å². The van der Waals surface area contributed by atoms with Crippen molar-refractivity contribution in [2.75, 3.05) is 6.26 Å². The Morgan fingerprint density at radius 2 is 2.06 bits per heavy atom. The van der Waals surface area contributed by atoms with Crippen LogP contribution in [0.25, 0.3) is 0 Å². The summed E-state index contributed by atoms with van der Waals surface area (Å²) in [6.07, 6.45) is 0.496. The first kappa shape index (κ1) is 14.4. The van der Waals surface area contributed by atoms with Crippen LogP contribution in [0, 0.1) is 5.82 Å². The van der Waals surface area contributed by atoms with E-state index in [9.17, 15) is 22.7 Å². The summed E-state index contributed by atoms with van der Waals surface area (Å²) >= 11 is 0. The SMILES string of the molecule is CS(=O)(=O)c1cc(O)c(CC(N)C(=O)O)cc1F. The molecule has 1 rings (SSSR count). The van der Waals surface area contributed by atoms with Crippen molar-refractivity contribution in [2.24, 2.45) is 5.73 Å². The molecule has 0 aliphatic rings. The van der Waals surface area contributed by atoms with Crippen molar-refractivity contribution in [2.45, 2.75) is 17.4 Å². The van der Waals surface area contributed by atoms with Gasteiger partial charge in [-0.05, 0) is 11.6 Å². The zero-order valence-electron chi connectivity index (χ0n) is 9.42. The van der Waals surface area contributed by atoms with E-state index in [-0.39, 0.29) is 12.0 Å². The van der Waals surface area contributed by atoms with Crippen LogP contribution >= 0.6 is 0 Å². The average molecular weight is 277 g/mol. The minimum absolute atomic E-state index is 0.0604. The van der Waals surface area contributed by atoms with Gasteiger partial charge in [0.05, 0.1) is 0 Å². The highest BCUT2D eigenvalue weighted by Crippen LogP contribution is 2.25. The highest BCUT2D eigenvalue weighted by atomic mass is 32.2. The van der Waals surface area contributed by atoms with E-state index in [0.29, 0.717) is 0 Å². The lowest BCUT2D eigenvalue weighted by Gasteiger charge is -2.10. The summed E-state index contributed by atoms with van der Waals surface area (Å²) in [6.45, 7) is 0. The number of benzene rings is 1. The molecule has 0 bridgehead atoms. The van der Waals surface area contributed by atoms with E-state index in [0.717, 1.165) is 18.4 Å². The van der Waals surface area contributed by atoms with Crippen LogP contribution in [-0.2, 0) is 21.1 Å². The fraction of sp³-hybridized carbons (Fsp3) is 0.300. The lowest BCUT2D eigenvalue weighted by Crippen LogP contribution is -2.32. The van der Waals surface area contributed by atoms with Gasteiger partial charge in [0.1, 0.15) is 22.5 Å². The molecule has 0 radical (unpaired) electrons. The van der Waals surface area contributed by atoms with Gasteiger partial charge >= 0.3 is 5.97 Å². The molecular weight excluding hydrogens is 265 g/mol. The van der Waals surface area contributed by atoms with E-state index < -0.39 is 38.3 Å². The Morgan fingerprint density at radius 1 is 1.50 bits per heavy atom. The normalized spacial score (nSPS) is 13.3. The van der Waals surface area contributed by atoms with Crippen molar-refractivity contribution in [1.29, 1.82) is 0 Å². The highest BCUT2D eigenvalue weighted by Gasteiger charge is 2.20. The van der Waals surface area contributed by atoms with Crippen LogP contribution < -0.4 is 5.73 Å². The van der Waals surface area contributed by atoms with Crippen molar-refractivity contribution in [1.82, 2.24) is 0 Å². The molecule has 18 heavy (non-hydrogen) atoms. The molecule has 0 aliphatic heterocycles. The maximum atomic E-state index is 13.5. The molecule has 0 amide bonds. The summed E-state index contributed by atoms with van der Waals surface area (Å²) in [4.78, 5) is 9.88. The van der Waals surface area contributed by atoms with Gasteiger partial charge in [-0.2, -0.15) is 0 Å². The second-order valence-corrected chi connectivity index (χ2v) is 5.82. The van der Waals surface area contributed by atoms with Crippen LogP contribution in [0.4, 0.5) is 4.39 Å². The number of sulfone groups is 1. The van der Waals surface area contributed by atoms with Gasteiger partial charge in [0, 0.05) is 18.7 Å². The quantitative estimate of drug-likeness (QED) is 0.706. The standard InChI is InChI=1S/C10H12FNO5S/c1-18(16,17)9-4-8(13)5(2-6(9)11)3-7(12)10(14)15/h2,4,7,13H,3,12H2,1H3,(H,14,15). The topological polar surface area (TPSA) is 118 Å².